The van der Waals surface area contributed by atoms with Crippen molar-refractivity contribution >= 4 is 21.6 Å². The molecule has 3 rings (SSSR count). The van der Waals surface area contributed by atoms with Gasteiger partial charge < -0.3 is 10.1 Å². The Labute approximate surface area is 171 Å². The van der Waals surface area contributed by atoms with Crippen molar-refractivity contribution in [2.45, 2.75) is 24.2 Å². The standard InChI is InChI=1S/C21H23N3O4S/c1-21(2,15-22)17-6-8-18(9-7-17)23-20(25)16-4-3-5-19(14-16)29(26,27)24-10-12-28-13-11-24/h3-9,14H,10-13H2,1-2H3,(H,23,25). The normalized spacial score (nSPS) is 15.5. The summed E-state index contributed by atoms with van der Waals surface area (Å²) in [5.41, 5.74) is 1.04. The average molecular weight is 413 g/mol. The molecule has 0 unspecified atom stereocenters. The van der Waals surface area contributed by atoms with Crippen molar-refractivity contribution in [2.24, 2.45) is 0 Å². The Morgan fingerprint density at radius 1 is 1.14 bits per heavy atom. The minimum Gasteiger partial charge on any atom is -0.379 e. The van der Waals surface area contributed by atoms with Gasteiger partial charge in [-0.05, 0) is 49.7 Å². The second-order valence-electron chi connectivity index (χ2n) is 7.31. The van der Waals surface area contributed by atoms with Crippen molar-refractivity contribution < 1.29 is 17.9 Å². The molecule has 0 aliphatic carbocycles. The molecule has 0 spiro atoms. The van der Waals surface area contributed by atoms with Crippen LogP contribution in [0.3, 0.4) is 0 Å². The monoisotopic (exact) mass is 413 g/mol. The molecule has 29 heavy (non-hydrogen) atoms. The third-order valence-electron chi connectivity index (χ3n) is 4.85. The van der Waals surface area contributed by atoms with Gasteiger partial charge in [0.25, 0.3) is 5.91 Å². The number of rotatable bonds is 5. The van der Waals surface area contributed by atoms with Crippen molar-refractivity contribution in [3.63, 3.8) is 0 Å². The number of sulfonamides is 1. The van der Waals surface area contributed by atoms with E-state index in [1.807, 2.05) is 13.8 Å². The summed E-state index contributed by atoms with van der Waals surface area (Å²) in [6.07, 6.45) is 0. The number of hydrogen-bond acceptors (Lipinski definition) is 5. The number of nitrogens with zero attached hydrogens (tertiary/aromatic N) is 2. The predicted molar refractivity (Wildman–Crippen MR) is 109 cm³/mol. The Bertz CT molecular complexity index is 1030. The van der Waals surface area contributed by atoms with Gasteiger partial charge in [-0.1, -0.05) is 18.2 Å². The van der Waals surface area contributed by atoms with Gasteiger partial charge in [-0.25, -0.2) is 8.42 Å². The van der Waals surface area contributed by atoms with E-state index in [-0.39, 0.29) is 10.5 Å². The van der Waals surface area contributed by atoms with Gasteiger partial charge in [0, 0.05) is 24.3 Å². The Balaban J connectivity index is 1.77. The van der Waals surface area contributed by atoms with Gasteiger partial charge in [0.2, 0.25) is 10.0 Å². The molecule has 2 aromatic rings. The molecule has 2 aromatic carbocycles. The maximum Gasteiger partial charge on any atom is 0.255 e. The first-order valence-electron chi connectivity index (χ1n) is 9.25. The zero-order chi connectivity index (χ0) is 21.1. The Morgan fingerprint density at radius 3 is 2.41 bits per heavy atom. The lowest BCUT2D eigenvalue weighted by Gasteiger charge is -2.26. The fourth-order valence-corrected chi connectivity index (χ4v) is 4.43. The van der Waals surface area contributed by atoms with Gasteiger partial charge in [-0.15, -0.1) is 0 Å². The molecule has 1 N–H and O–H groups in total. The third kappa shape index (κ3) is 4.65. The highest BCUT2D eigenvalue weighted by Gasteiger charge is 2.27. The van der Waals surface area contributed by atoms with Crippen molar-refractivity contribution in [2.75, 3.05) is 31.6 Å². The Hall–Kier alpha value is -2.73. The minimum absolute atomic E-state index is 0.0816. The van der Waals surface area contributed by atoms with E-state index in [4.69, 9.17) is 4.74 Å². The van der Waals surface area contributed by atoms with Gasteiger partial charge in [-0.2, -0.15) is 9.57 Å². The molecule has 0 atom stereocenters. The van der Waals surface area contributed by atoms with Crippen molar-refractivity contribution in [1.82, 2.24) is 4.31 Å². The van der Waals surface area contributed by atoms with E-state index in [0.717, 1.165) is 5.56 Å². The number of carbonyl (C=O) groups is 1. The van der Waals surface area contributed by atoms with E-state index >= 15 is 0 Å². The largest absolute Gasteiger partial charge is 0.379 e. The van der Waals surface area contributed by atoms with Gasteiger partial charge in [0.05, 0.1) is 29.6 Å². The molecule has 1 amide bonds. The molecule has 0 radical (unpaired) electrons. The lowest BCUT2D eigenvalue weighted by molar-refractivity contribution is 0.0730. The number of carbonyl (C=O) groups excluding carboxylic acids is 1. The molecule has 1 heterocycles. The summed E-state index contributed by atoms with van der Waals surface area (Å²) < 4.78 is 32.2. The van der Waals surface area contributed by atoms with Gasteiger partial charge in [-0.3, -0.25) is 4.79 Å². The number of ether oxygens (including phenoxy) is 1. The van der Waals surface area contributed by atoms with Crippen LogP contribution in [0, 0.1) is 11.3 Å². The number of anilines is 1. The van der Waals surface area contributed by atoms with E-state index in [9.17, 15) is 18.5 Å². The molecule has 152 valence electrons. The summed E-state index contributed by atoms with van der Waals surface area (Å²) in [6.45, 7) is 4.95. The fourth-order valence-electron chi connectivity index (χ4n) is 2.97. The van der Waals surface area contributed by atoms with E-state index in [1.54, 1.807) is 36.4 Å². The van der Waals surface area contributed by atoms with Crippen LogP contribution in [0.15, 0.2) is 53.4 Å². The first kappa shape index (κ1) is 21.0. The van der Waals surface area contributed by atoms with Gasteiger partial charge in [0.1, 0.15) is 0 Å². The molecule has 0 saturated carbocycles. The van der Waals surface area contributed by atoms with Crippen LogP contribution in [-0.2, 0) is 20.2 Å². The van der Waals surface area contributed by atoms with Crippen LogP contribution >= 0.6 is 0 Å². The summed E-state index contributed by atoms with van der Waals surface area (Å²) in [5, 5.41) is 12.0. The number of morpholine rings is 1. The van der Waals surface area contributed by atoms with Crippen LogP contribution in [0.5, 0.6) is 0 Å². The van der Waals surface area contributed by atoms with E-state index in [2.05, 4.69) is 11.4 Å². The first-order valence-corrected chi connectivity index (χ1v) is 10.7. The van der Waals surface area contributed by atoms with Crippen LogP contribution < -0.4 is 5.32 Å². The van der Waals surface area contributed by atoms with E-state index in [1.165, 1.54) is 16.4 Å². The topological polar surface area (TPSA) is 99.5 Å². The second-order valence-corrected chi connectivity index (χ2v) is 9.25. The van der Waals surface area contributed by atoms with Crippen LogP contribution in [0.1, 0.15) is 29.8 Å². The highest BCUT2D eigenvalue weighted by atomic mass is 32.2. The summed E-state index contributed by atoms with van der Waals surface area (Å²) in [7, 11) is -3.67. The molecule has 1 saturated heterocycles. The average Bonchev–Trinajstić information content (AvgIpc) is 2.75. The molecular formula is C21H23N3O4S. The molecule has 1 fully saturated rings. The number of hydrogen-bond donors (Lipinski definition) is 1. The zero-order valence-corrected chi connectivity index (χ0v) is 17.2. The van der Waals surface area contributed by atoms with Crippen LogP contribution in [0.2, 0.25) is 0 Å². The number of amides is 1. The fraction of sp³-hybridized carbons (Fsp3) is 0.333. The maximum absolute atomic E-state index is 12.8. The minimum atomic E-state index is -3.67. The molecule has 7 nitrogen and oxygen atoms in total. The molecule has 1 aliphatic heterocycles. The van der Waals surface area contributed by atoms with Crippen LogP contribution in [0.25, 0.3) is 0 Å². The lowest BCUT2D eigenvalue weighted by Crippen LogP contribution is -2.40. The maximum atomic E-state index is 12.8. The molecule has 8 heteroatoms. The highest BCUT2D eigenvalue weighted by Crippen LogP contribution is 2.24. The van der Waals surface area contributed by atoms with Crippen molar-refractivity contribution in [3.05, 3.63) is 59.7 Å². The Kier molecular flexibility index (Phi) is 6.03. The summed E-state index contributed by atoms with van der Waals surface area (Å²) in [4.78, 5) is 12.7. The number of benzene rings is 2. The smallest absolute Gasteiger partial charge is 0.255 e. The lowest BCUT2D eigenvalue weighted by atomic mass is 9.86. The summed E-state index contributed by atoms with van der Waals surface area (Å²) in [5.74, 6) is -0.406. The van der Waals surface area contributed by atoms with Crippen LogP contribution in [-0.4, -0.2) is 44.9 Å². The first-order chi connectivity index (χ1) is 13.7. The highest BCUT2D eigenvalue weighted by molar-refractivity contribution is 7.89. The SMILES string of the molecule is CC(C)(C#N)c1ccc(NC(=O)c2cccc(S(=O)(=O)N3CCOCC3)c2)cc1. The molecular weight excluding hydrogens is 390 g/mol. The van der Waals surface area contributed by atoms with E-state index < -0.39 is 21.3 Å². The number of nitriles is 1. The van der Waals surface area contributed by atoms with Gasteiger partial charge >= 0.3 is 0 Å². The molecule has 0 aromatic heterocycles. The third-order valence-corrected chi connectivity index (χ3v) is 6.74. The Morgan fingerprint density at radius 2 is 1.79 bits per heavy atom. The van der Waals surface area contributed by atoms with Gasteiger partial charge in [0.15, 0.2) is 0 Å². The quantitative estimate of drug-likeness (QED) is 0.812. The number of nitrogens with one attached hydrogen (secondary N) is 1. The van der Waals surface area contributed by atoms with Crippen molar-refractivity contribution in [1.29, 1.82) is 5.26 Å². The molecule has 0 bridgehead atoms. The summed E-state index contributed by atoms with van der Waals surface area (Å²) >= 11 is 0. The van der Waals surface area contributed by atoms with Crippen molar-refractivity contribution in [3.8, 4) is 6.07 Å². The zero-order valence-electron chi connectivity index (χ0n) is 16.4. The predicted octanol–water partition coefficient (Wildman–Crippen LogP) is 2.76. The molecule has 1 aliphatic rings. The summed E-state index contributed by atoms with van der Waals surface area (Å²) in [6, 6.07) is 15.3. The second kappa shape index (κ2) is 8.33. The van der Waals surface area contributed by atoms with Crippen LogP contribution in [0.4, 0.5) is 5.69 Å². The van der Waals surface area contributed by atoms with E-state index in [0.29, 0.717) is 32.0 Å².